The van der Waals surface area contributed by atoms with Crippen LogP contribution in [0.2, 0.25) is 0 Å². The highest BCUT2D eigenvalue weighted by Gasteiger charge is 2.43. The molecule has 1 N–H and O–H groups in total. The molecule has 0 aromatic rings. The zero-order valence-electron chi connectivity index (χ0n) is 30.3. The van der Waals surface area contributed by atoms with Crippen LogP contribution >= 0.6 is 0 Å². The second kappa shape index (κ2) is 33.9. The standard InChI is InChI=1S/C39H78NO3.ClH/c1-5-7-9-11-13-15-17-19-21-23-25-27-29-31-33-35-38(42)40(4,37(3)41)39(43)36-34-32-30-28-26-24-22-20-18-16-14-12-10-8-6-2;/h37,41H,5-36H2,1-4H3;1H/q+1;/p-1. The van der Waals surface area contributed by atoms with Crippen molar-refractivity contribution in [2.24, 2.45) is 0 Å². The van der Waals surface area contributed by atoms with Gasteiger partial charge in [-0.15, -0.1) is 0 Å². The van der Waals surface area contributed by atoms with Crippen LogP contribution in [0.1, 0.15) is 226 Å². The molecule has 0 aliphatic rings. The van der Waals surface area contributed by atoms with Crippen LogP contribution in [0.25, 0.3) is 0 Å². The van der Waals surface area contributed by atoms with Gasteiger partial charge in [0.2, 0.25) is 6.23 Å². The Hall–Kier alpha value is -0.450. The minimum atomic E-state index is -0.979. The summed E-state index contributed by atoms with van der Waals surface area (Å²) in [6, 6.07) is 0. The first-order valence-electron chi connectivity index (χ1n) is 19.5. The van der Waals surface area contributed by atoms with Gasteiger partial charge >= 0.3 is 11.8 Å². The highest BCUT2D eigenvalue weighted by molar-refractivity contribution is 5.84. The summed E-state index contributed by atoms with van der Waals surface area (Å²) in [4.78, 5) is 26.1. The summed E-state index contributed by atoms with van der Waals surface area (Å²) in [6.07, 6.45) is 38.6. The van der Waals surface area contributed by atoms with E-state index < -0.39 is 10.7 Å². The second-order valence-electron chi connectivity index (χ2n) is 13.9. The molecule has 0 rings (SSSR count). The van der Waals surface area contributed by atoms with E-state index in [2.05, 4.69) is 13.8 Å². The van der Waals surface area contributed by atoms with Crippen LogP contribution in [0.15, 0.2) is 0 Å². The van der Waals surface area contributed by atoms with Gasteiger partial charge in [0.05, 0.1) is 19.9 Å². The van der Waals surface area contributed by atoms with Crippen LogP contribution in [0, 0.1) is 0 Å². The van der Waals surface area contributed by atoms with Crippen LogP contribution in [0.3, 0.4) is 0 Å². The van der Waals surface area contributed by atoms with Gasteiger partial charge in [-0.2, -0.15) is 4.48 Å². The number of hydrogen-bond donors (Lipinski definition) is 1. The highest BCUT2D eigenvalue weighted by Crippen LogP contribution is 2.20. The first-order valence-corrected chi connectivity index (χ1v) is 19.5. The van der Waals surface area contributed by atoms with Gasteiger partial charge < -0.3 is 17.5 Å². The summed E-state index contributed by atoms with van der Waals surface area (Å²) >= 11 is 0. The van der Waals surface area contributed by atoms with E-state index in [1.54, 1.807) is 14.0 Å². The van der Waals surface area contributed by atoms with Crippen molar-refractivity contribution in [3.8, 4) is 0 Å². The van der Waals surface area contributed by atoms with Gasteiger partial charge in [-0.1, -0.05) is 194 Å². The van der Waals surface area contributed by atoms with Gasteiger partial charge in [0.15, 0.2) is 0 Å². The lowest BCUT2D eigenvalue weighted by Gasteiger charge is -2.31. The molecule has 44 heavy (non-hydrogen) atoms. The molecular formula is C39H78ClNO3. The number of quaternary nitrogens is 1. The van der Waals surface area contributed by atoms with E-state index in [1.165, 1.54) is 154 Å². The number of rotatable bonds is 33. The van der Waals surface area contributed by atoms with Crippen molar-refractivity contribution in [2.45, 2.75) is 232 Å². The fourth-order valence-electron chi connectivity index (χ4n) is 6.32. The Kier molecular flexibility index (Phi) is 35.2. The Morgan fingerprint density at radius 2 is 0.614 bits per heavy atom. The Labute approximate surface area is 282 Å². The predicted molar refractivity (Wildman–Crippen MR) is 187 cm³/mol. The molecule has 2 amide bonds. The topological polar surface area (TPSA) is 54.4 Å². The van der Waals surface area contributed by atoms with Crippen LogP contribution in [0.5, 0.6) is 0 Å². The van der Waals surface area contributed by atoms with Crippen molar-refractivity contribution >= 4 is 11.8 Å². The maximum Gasteiger partial charge on any atom is 0.323 e. The normalized spacial score (nSPS) is 12.3. The Morgan fingerprint density at radius 3 is 0.795 bits per heavy atom. The lowest BCUT2D eigenvalue weighted by atomic mass is 10.0. The number of amides is 2. The summed E-state index contributed by atoms with van der Waals surface area (Å²) in [5.74, 6) is -0.230. The third kappa shape index (κ3) is 25.7. The fraction of sp³-hybridized carbons (Fsp3) is 0.949. The number of aliphatic hydroxyl groups excluding tert-OH is 1. The lowest BCUT2D eigenvalue weighted by Crippen LogP contribution is -3.00. The molecule has 0 fully saturated rings. The lowest BCUT2D eigenvalue weighted by molar-refractivity contribution is -0.810. The van der Waals surface area contributed by atoms with E-state index in [0.29, 0.717) is 12.8 Å². The maximum absolute atomic E-state index is 13.0. The minimum absolute atomic E-state index is 0. The monoisotopic (exact) mass is 644 g/mol. The van der Waals surface area contributed by atoms with Crippen molar-refractivity contribution in [1.29, 1.82) is 0 Å². The number of nitrogens with zero attached hydrogens (tertiary/aromatic N) is 1. The van der Waals surface area contributed by atoms with E-state index in [9.17, 15) is 14.7 Å². The third-order valence-corrected chi connectivity index (χ3v) is 9.77. The summed E-state index contributed by atoms with van der Waals surface area (Å²) < 4.78 is -0.447. The van der Waals surface area contributed by atoms with Gasteiger partial charge in [-0.3, -0.25) is 0 Å². The van der Waals surface area contributed by atoms with E-state index in [0.717, 1.165) is 38.5 Å². The number of unbranched alkanes of at least 4 members (excludes halogenated alkanes) is 28. The van der Waals surface area contributed by atoms with Crippen molar-refractivity contribution in [3.05, 3.63) is 0 Å². The molecule has 1 unspecified atom stereocenters. The van der Waals surface area contributed by atoms with E-state index in [4.69, 9.17) is 0 Å². The number of aliphatic hydroxyl groups is 1. The van der Waals surface area contributed by atoms with Gasteiger partial charge in [0.25, 0.3) is 0 Å². The largest absolute Gasteiger partial charge is 1.00 e. The van der Waals surface area contributed by atoms with E-state index in [-0.39, 0.29) is 24.2 Å². The van der Waals surface area contributed by atoms with Crippen LogP contribution < -0.4 is 12.4 Å². The minimum Gasteiger partial charge on any atom is -1.00 e. The number of carbonyl (C=O) groups is 2. The molecule has 0 spiro atoms. The number of carbonyl (C=O) groups excluding carboxylic acids is 2. The van der Waals surface area contributed by atoms with Crippen LogP contribution in [0.4, 0.5) is 0 Å². The molecule has 4 nitrogen and oxygen atoms in total. The average Bonchev–Trinajstić information content (AvgIpc) is 3.00. The molecule has 0 aliphatic heterocycles. The highest BCUT2D eigenvalue weighted by atomic mass is 35.5. The Bertz CT molecular complexity index is 578. The first-order chi connectivity index (χ1) is 20.9. The van der Waals surface area contributed by atoms with Crippen LogP contribution in [-0.4, -0.2) is 34.7 Å². The van der Waals surface area contributed by atoms with Gasteiger partial charge in [-0.05, 0) is 12.8 Å². The van der Waals surface area contributed by atoms with Crippen LogP contribution in [-0.2, 0) is 9.59 Å². The average molecular weight is 645 g/mol. The molecule has 0 aromatic carbocycles. The number of imide groups is 1. The molecule has 0 radical (unpaired) electrons. The first kappa shape index (κ1) is 45.7. The SMILES string of the molecule is CCCCCCCCCCCCCCCCCC(=O)[N+](C)(C(=O)CCCCCCCCCCCCCCCCC)C(C)O.[Cl-]. The van der Waals surface area contributed by atoms with Crippen molar-refractivity contribution in [1.82, 2.24) is 0 Å². The predicted octanol–water partition coefficient (Wildman–Crippen LogP) is 9.35. The zero-order valence-corrected chi connectivity index (χ0v) is 31.0. The van der Waals surface area contributed by atoms with Gasteiger partial charge in [0.1, 0.15) is 0 Å². The zero-order chi connectivity index (χ0) is 31.9. The van der Waals surface area contributed by atoms with Gasteiger partial charge in [-0.25, -0.2) is 9.59 Å². The van der Waals surface area contributed by atoms with Crippen molar-refractivity contribution < 1.29 is 31.6 Å². The molecule has 264 valence electrons. The smallest absolute Gasteiger partial charge is 0.323 e. The molecule has 0 saturated heterocycles. The number of hydrogen-bond acceptors (Lipinski definition) is 3. The summed E-state index contributed by atoms with van der Waals surface area (Å²) in [7, 11) is 1.63. The summed E-state index contributed by atoms with van der Waals surface area (Å²) in [5.41, 5.74) is 0. The fourth-order valence-corrected chi connectivity index (χ4v) is 6.32. The Morgan fingerprint density at radius 1 is 0.432 bits per heavy atom. The molecule has 5 heteroatoms. The van der Waals surface area contributed by atoms with Crippen molar-refractivity contribution in [2.75, 3.05) is 7.05 Å². The van der Waals surface area contributed by atoms with E-state index >= 15 is 0 Å². The molecule has 0 bridgehead atoms. The second-order valence-corrected chi connectivity index (χ2v) is 13.9. The maximum atomic E-state index is 13.0. The molecular weight excluding hydrogens is 566 g/mol. The quantitative estimate of drug-likeness (QED) is 0.0440. The molecule has 1 atom stereocenters. The molecule has 0 heterocycles. The molecule has 0 aromatic heterocycles. The molecule has 0 aliphatic carbocycles. The van der Waals surface area contributed by atoms with E-state index in [1.807, 2.05) is 0 Å². The summed E-state index contributed by atoms with van der Waals surface area (Å²) in [6.45, 7) is 6.14. The summed E-state index contributed by atoms with van der Waals surface area (Å²) in [5, 5.41) is 10.4. The Balaban J connectivity index is 0. The number of halogens is 1. The third-order valence-electron chi connectivity index (χ3n) is 9.77. The molecule has 0 saturated carbocycles. The van der Waals surface area contributed by atoms with Gasteiger partial charge in [0, 0.05) is 6.92 Å². The van der Waals surface area contributed by atoms with Crippen molar-refractivity contribution in [3.63, 3.8) is 0 Å².